The molecule has 1 aliphatic rings. The van der Waals surface area contributed by atoms with Crippen molar-refractivity contribution < 1.29 is 19.1 Å². The van der Waals surface area contributed by atoms with E-state index in [1.54, 1.807) is 0 Å². The molecule has 0 spiro atoms. The van der Waals surface area contributed by atoms with Gasteiger partial charge in [0.2, 0.25) is 0 Å². The van der Waals surface area contributed by atoms with Crippen LogP contribution in [-0.4, -0.2) is 31.1 Å². The number of carbonyl (C=O) groups is 2. The van der Waals surface area contributed by atoms with Crippen LogP contribution in [-0.2, 0) is 19.1 Å². The van der Waals surface area contributed by atoms with Crippen molar-refractivity contribution in [1.82, 2.24) is 0 Å². The highest BCUT2D eigenvalue weighted by Gasteiger charge is 2.38. The van der Waals surface area contributed by atoms with Crippen LogP contribution in [0, 0.1) is 0 Å². The van der Waals surface area contributed by atoms with Crippen molar-refractivity contribution in [2.75, 3.05) is 7.11 Å². The molecule has 23 heavy (non-hydrogen) atoms. The normalized spacial score (nSPS) is 19.6. The van der Waals surface area contributed by atoms with E-state index in [0.717, 1.165) is 44.9 Å². The first kappa shape index (κ1) is 20.1. The highest BCUT2D eigenvalue weighted by molar-refractivity contribution is 5.79. The molecule has 0 aromatic rings. The molecule has 0 aliphatic carbocycles. The van der Waals surface area contributed by atoms with Gasteiger partial charge in [-0.3, -0.25) is 9.59 Å². The molecule has 0 N–H and O–H groups in total. The first-order valence-corrected chi connectivity index (χ1v) is 9.41. The number of ketones is 1. The van der Waals surface area contributed by atoms with E-state index in [0.29, 0.717) is 24.7 Å². The molecule has 1 saturated heterocycles. The number of unbranched alkanes of at least 4 members (excludes halogenated alkanes) is 7. The van der Waals surface area contributed by atoms with E-state index >= 15 is 0 Å². The number of epoxide rings is 1. The largest absolute Gasteiger partial charge is 0.469 e. The Kier molecular flexibility index (Phi) is 11.0. The van der Waals surface area contributed by atoms with Crippen LogP contribution in [0.4, 0.5) is 0 Å². The number of esters is 1. The molecule has 1 heterocycles. The molecular weight excluding hydrogens is 292 g/mol. The third-order valence-corrected chi connectivity index (χ3v) is 4.52. The molecule has 1 fully saturated rings. The minimum absolute atomic E-state index is 0.112. The number of Topliss-reactive ketones (excluding diaryl/α,β-unsaturated/α-hetero) is 1. The second-order valence-corrected chi connectivity index (χ2v) is 6.65. The summed E-state index contributed by atoms with van der Waals surface area (Å²) in [6.07, 6.45) is 13.6. The van der Waals surface area contributed by atoms with E-state index < -0.39 is 0 Å². The molecule has 0 radical (unpaired) electrons. The van der Waals surface area contributed by atoms with E-state index in [1.807, 2.05) is 0 Å². The van der Waals surface area contributed by atoms with E-state index in [4.69, 9.17) is 4.74 Å². The van der Waals surface area contributed by atoms with Gasteiger partial charge in [0.1, 0.15) is 5.78 Å². The summed E-state index contributed by atoms with van der Waals surface area (Å²) < 4.78 is 10.2. The van der Waals surface area contributed by atoms with E-state index in [1.165, 1.54) is 32.8 Å². The molecule has 2 atom stereocenters. The van der Waals surface area contributed by atoms with Gasteiger partial charge in [-0.15, -0.1) is 0 Å². The van der Waals surface area contributed by atoms with Crippen molar-refractivity contribution in [3.63, 3.8) is 0 Å². The van der Waals surface area contributed by atoms with Gasteiger partial charge in [-0.1, -0.05) is 51.9 Å². The van der Waals surface area contributed by atoms with Crippen molar-refractivity contribution in [1.29, 1.82) is 0 Å². The van der Waals surface area contributed by atoms with Crippen LogP contribution in [0.3, 0.4) is 0 Å². The molecule has 0 saturated carbocycles. The molecular formula is C19H34O4. The Hall–Kier alpha value is -0.900. The zero-order valence-electron chi connectivity index (χ0n) is 15.0. The first-order valence-electron chi connectivity index (χ1n) is 9.41. The molecule has 0 aromatic carbocycles. The number of ether oxygens (including phenoxy) is 2. The third-order valence-electron chi connectivity index (χ3n) is 4.52. The van der Waals surface area contributed by atoms with Gasteiger partial charge in [0.05, 0.1) is 19.3 Å². The Morgan fingerprint density at radius 2 is 1.52 bits per heavy atom. The molecule has 0 bridgehead atoms. The van der Waals surface area contributed by atoms with Gasteiger partial charge in [0.15, 0.2) is 0 Å². The first-order chi connectivity index (χ1) is 11.2. The fourth-order valence-electron chi connectivity index (χ4n) is 2.94. The molecule has 4 heteroatoms. The summed E-state index contributed by atoms with van der Waals surface area (Å²) in [5.74, 6) is 0.259. The number of hydrogen-bond acceptors (Lipinski definition) is 4. The summed E-state index contributed by atoms with van der Waals surface area (Å²) >= 11 is 0. The second kappa shape index (κ2) is 12.5. The van der Waals surface area contributed by atoms with Crippen molar-refractivity contribution in [3.8, 4) is 0 Å². The number of rotatable bonds is 15. The summed E-state index contributed by atoms with van der Waals surface area (Å²) in [7, 11) is 1.43. The summed E-state index contributed by atoms with van der Waals surface area (Å²) in [5.41, 5.74) is 0. The zero-order valence-corrected chi connectivity index (χ0v) is 15.0. The lowest BCUT2D eigenvalue weighted by Crippen LogP contribution is -2.05. The summed E-state index contributed by atoms with van der Waals surface area (Å²) in [4.78, 5) is 22.8. The highest BCUT2D eigenvalue weighted by Crippen LogP contribution is 2.31. The zero-order chi connectivity index (χ0) is 16.9. The molecule has 0 aromatic heterocycles. The molecule has 4 nitrogen and oxygen atoms in total. The quantitative estimate of drug-likeness (QED) is 0.251. The summed E-state index contributed by atoms with van der Waals surface area (Å²) in [6, 6.07) is 0. The number of hydrogen-bond donors (Lipinski definition) is 0. The van der Waals surface area contributed by atoms with E-state index in [9.17, 15) is 9.59 Å². The van der Waals surface area contributed by atoms with Crippen LogP contribution in [0.15, 0.2) is 0 Å². The highest BCUT2D eigenvalue weighted by atomic mass is 16.6. The lowest BCUT2D eigenvalue weighted by Gasteiger charge is -2.01. The molecule has 1 rings (SSSR count). The number of methoxy groups -OCH3 is 1. The minimum atomic E-state index is -0.112. The molecule has 0 amide bonds. The topological polar surface area (TPSA) is 55.9 Å². The SMILES string of the molecule is CCCCCCC(=O)CC1OC1CCCCCCCC(=O)OC. The lowest BCUT2D eigenvalue weighted by molar-refractivity contribution is -0.140. The van der Waals surface area contributed by atoms with Crippen LogP contribution >= 0.6 is 0 Å². The Morgan fingerprint density at radius 1 is 0.870 bits per heavy atom. The Balaban J connectivity index is 1.87. The maximum absolute atomic E-state index is 11.8. The van der Waals surface area contributed by atoms with Gasteiger partial charge in [0, 0.05) is 19.3 Å². The minimum Gasteiger partial charge on any atom is -0.469 e. The van der Waals surface area contributed by atoms with Gasteiger partial charge < -0.3 is 9.47 Å². The Bertz CT molecular complexity index is 340. The molecule has 2 unspecified atom stereocenters. The van der Waals surface area contributed by atoms with Crippen LogP contribution < -0.4 is 0 Å². The van der Waals surface area contributed by atoms with Crippen molar-refractivity contribution in [3.05, 3.63) is 0 Å². The van der Waals surface area contributed by atoms with Gasteiger partial charge in [-0.05, 0) is 19.3 Å². The van der Waals surface area contributed by atoms with Crippen molar-refractivity contribution >= 4 is 11.8 Å². The van der Waals surface area contributed by atoms with Crippen LogP contribution in [0.1, 0.15) is 90.4 Å². The van der Waals surface area contributed by atoms with Gasteiger partial charge in [-0.2, -0.15) is 0 Å². The van der Waals surface area contributed by atoms with Crippen molar-refractivity contribution in [2.45, 2.75) is 103 Å². The fraction of sp³-hybridized carbons (Fsp3) is 0.895. The average molecular weight is 326 g/mol. The maximum Gasteiger partial charge on any atom is 0.305 e. The molecule has 134 valence electrons. The fourth-order valence-corrected chi connectivity index (χ4v) is 2.94. The van der Waals surface area contributed by atoms with E-state index in [2.05, 4.69) is 11.7 Å². The predicted octanol–water partition coefficient (Wildman–Crippen LogP) is 4.59. The predicted molar refractivity (Wildman–Crippen MR) is 91.4 cm³/mol. The van der Waals surface area contributed by atoms with Gasteiger partial charge in [0.25, 0.3) is 0 Å². The smallest absolute Gasteiger partial charge is 0.305 e. The second-order valence-electron chi connectivity index (χ2n) is 6.65. The van der Waals surface area contributed by atoms with Crippen LogP contribution in [0.25, 0.3) is 0 Å². The Labute approximate surface area is 141 Å². The average Bonchev–Trinajstić information content (AvgIpc) is 3.28. The number of carbonyl (C=O) groups excluding carboxylic acids is 2. The van der Waals surface area contributed by atoms with Crippen LogP contribution in [0.5, 0.6) is 0 Å². The standard InChI is InChI=1S/C19H34O4/c1-3-4-5-9-12-16(20)15-18-17(23-18)13-10-7-6-8-11-14-19(21)22-2/h17-18H,3-15H2,1-2H3. The van der Waals surface area contributed by atoms with E-state index in [-0.39, 0.29) is 12.1 Å². The maximum atomic E-state index is 11.8. The summed E-state index contributed by atoms with van der Waals surface area (Å²) in [5, 5.41) is 0. The van der Waals surface area contributed by atoms with Gasteiger partial charge in [-0.25, -0.2) is 0 Å². The lowest BCUT2D eigenvalue weighted by atomic mass is 10.0. The van der Waals surface area contributed by atoms with Crippen LogP contribution in [0.2, 0.25) is 0 Å². The van der Waals surface area contributed by atoms with Crippen molar-refractivity contribution in [2.24, 2.45) is 0 Å². The Morgan fingerprint density at radius 3 is 2.26 bits per heavy atom. The summed E-state index contributed by atoms with van der Waals surface area (Å²) in [6.45, 7) is 2.18. The monoisotopic (exact) mass is 326 g/mol. The third kappa shape index (κ3) is 10.5. The molecule has 1 aliphatic heterocycles. The van der Waals surface area contributed by atoms with Gasteiger partial charge >= 0.3 is 5.97 Å².